The van der Waals surface area contributed by atoms with Crippen LogP contribution >= 0.6 is 0 Å². The van der Waals surface area contributed by atoms with Gasteiger partial charge in [-0.05, 0) is 31.0 Å². The van der Waals surface area contributed by atoms with Crippen LogP contribution in [0.3, 0.4) is 0 Å². The molecule has 2 aromatic rings. The SMILES string of the molecule is COC1C(C)OC(N=C2CC(=O)c3c(cc4c(c3O)C(=O)C3(OC)C(O)Cc5cc(C)c(C(=O)OCCN6CCOCC6)c(O)c5C3(OC)C4=O)C2=O)C(OC)C1O. The van der Waals surface area contributed by atoms with Crippen LogP contribution in [0.4, 0.5) is 0 Å². The predicted molar refractivity (Wildman–Crippen MR) is 198 cm³/mol. The summed E-state index contributed by atoms with van der Waals surface area (Å²) in [4.78, 5) is 78.0. The summed E-state index contributed by atoms with van der Waals surface area (Å²) in [5.74, 6) is -6.76. The number of rotatable bonds is 9. The van der Waals surface area contributed by atoms with Crippen molar-refractivity contribution in [2.45, 2.75) is 74.6 Å². The summed E-state index contributed by atoms with van der Waals surface area (Å²) in [6, 6.07) is 2.42. The highest BCUT2D eigenvalue weighted by atomic mass is 16.6. The Hall–Kier alpha value is -4.50. The first-order chi connectivity index (χ1) is 27.6. The van der Waals surface area contributed by atoms with Crippen LogP contribution in [0, 0.1) is 6.92 Å². The second kappa shape index (κ2) is 15.6. The number of carbonyl (C=O) groups excluding carboxylic acids is 5. The number of hydrogen-bond donors (Lipinski definition) is 4. The van der Waals surface area contributed by atoms with Crippen LogP contribution in [0.2, 0.25) is 0 Å². The Bertz CT molecular complexity index is 2110. The van der Waals surface area contributed by atoms with Crippen molar-refractivity contribution < 1.29 is 77.6 Å². The third-order valence-electron chi connectivity index (χ3n) is 12.1. The Morgan fingerprint density at radius 1 is 0.931 bits per heavy atom. The fourth-order valence-corrected chi connectivity index (χ4v) is 9.28. The van der Waals surface area contributed by atoms with Crippen LogP contribution in [0.15, 0.2) is 17.1 Å². The number of ketones is 4. The first-order valence-electron chi connectivity index (χ1n) is 18.8. The van der Waals surface area contributed by atoms with Crippen LogP contribution in [-0.2, 0) is 45.2 Å². The van der Waals surface area contributed by atoms with Gasteiger partial charge < -0.3 is 53.6 Å². The van der Waals surface area contributed by atoms with Gasteiger partial charge in [0.15, 0.2) is 23.2 Å². The number of nitrogens with zero attached hydrogens (tertiary/aromatic N) is 2. The van der Waals surface area contributed by atoms with Gasteiger partial charge in [-0.15, -0.1) is 0 Å². The highest BCUT2D eigenvalue weighted by Gasteiger charge is 2.74. The summed E-state index contributed by atoms with van der Waals surface area (Å²) in [5.41, 5.74) is -8.40. The number of Topliss-reactive ketones (excluding diaryl/α,β-unsaturated/α-hetero) is 4. The Balaban J connectivity index is 1.34. The summed E-state index contributed by atoms with van der Waals surface area (Å²) in [5, 5.41) is 46.4. The quantitative estimate of drug-likeness (QED) is 0.251. The van der Waals surface area contributed by atoms with E-state index in [0.29, 0.717) is 32.8 Å². The number of esters is 1. The molecule has 5 aliphatic rings. The Labute approximate surface area is 332 Å². The zero-order valence-corrected chi connectivity index (χ0v) is 32.9. The van der Waals surface area contributed by atoms with Crippen LogP contribution in [-0.4, -0.2) is 170 Å². The zero-order valence-electron chi connectivity index (χ0n) is 32.9. The number of fused-ring (bicyclic) bond motifs is 5. The molecule has 8 atom stereocenters. The van der Waals surface area contributed by atoms with Crippen LogP contribution in [0.5, 0.6) is 11.5 Å². The molecule has 18 nitrogen and oxygen atoms in total. The number of aliphatic hydroxyl groups is 2. The van der Waals surface area contributed by atoms with Gasteiger partial charge >= 0.3 is 5.97 Å². The second-order valence-corrected chi connectivity index (χ2v) is 14.9. The van der Waals surface area contributed by atoms with Gasteiger partial charge in [0.25, 0.3) is 0 Å². The Morgan fingerprint density at radius 2 is 1.62 bits per heavy atom. The lowest BCUT2D eigenvalue weighted by molar-refractivity contribution is -0.228. The minimum atomic E-state index is -2.72. The third kappa shape index (κ3) is 5.96. The molecule has 58 heavy (non-hydrogen) atoms. The van der Waals surface area contributed by atoms with E-state index in [9.17, 15) is 39.6 Å². The monoisotopic (exact) mass is 810 g/mol. The fraction of sp³-hybridized carbons (Fsp3) is 0.550. The number of morpholine rings is 1. The molecule has 0 spiro atoms. The molecule has 2 fully saturated rings. The molecule has 0 radical (unpaired) electrons. The molecular weight excluding hydrogens is 764 g/mol. The number of phenols is 2. The largest absolute Gasteiger partial charge is 0.507 e. The van der Waals surface area contributed by atoms with Crippen LogP contribution in [0.1, 0.15) is 81.8 Å². The number of methoxy groups -OCH3 is 4. The normalized spacial score (nSPS) is 31.8. The van der Waals surface area contributed by atoms with Gasteiger partial charge in [-0.2, -0.15) is 0 Å². The Kier molecular flexibility index (Phi) is 11.2. The minimum Gasteiger partial charge on any atom is -0.507 e. The third-order valence-corrected chi connectivity index (χ3v) is 12.1. The molecule has 18 heteroatoms. The van der Waals surface area contributed by atoms with Crippen LogP contribution < -0.4 is 0 Å². The maximum absolute atomic E-state index is 15.2. The molecule has 0 aromatic heterocycles. The first-order valence-corrected chi connectivity index (χ1v) is 18.8. The van der Waals surface area contributed by atoms with Crippen molar-refractivity contribution in [2.75, 3.05) is 67.9 Å². The second-order valence-electron chi connectivity index (χ2n) is 14.9. The molecule has 0 saturated carbocycles. The topological polar surface area (TPSA) is 246 Å². The smallest absolute Gasteiger partial charge is 0.342 e. The van der Waals surface area contributed by atoms with E-state index in [4.69, 9.17) is 33.2 Å². The predicted octanol–water partition coefficient (Wildman–Crippen LogP) is 0.464. The molecule has 4 N–H and O–H groups in total. The molecule has 2 aromatic carbocycles. The van der Waals surface area contributed by atoms with E-state index in [2.05, 4.69) is 4.99 Å². The molecule has 8 unspecified atom stereocenters. The summed E-state index contributed by atoms with van der Waals surface area (Å²) in [6.45, 7) is 5.86. The average Bonchev–Trinajstić information content (AvgIpc) is 3.18. The molecule has 0 amide bonds. The number of aliphatic imine (C=N–C) groups is 1. The molecule has 7 rings (SSSR count). The van der Waals surface area contributed by atoms with Crippen molar-refractivity contribution in [1.82, 2.24) is 4.90 Å². The van der Waals surface area contributed by atoms with E-state index in [0.717, 1.165) is 20.3 Å². The van der Waals surface area contributed by atoms with E-state index >= 15 is 4.79 Å². The lowest BCUT2D eigenvalue weighted by Gasteiger charge is -2.54. The number of aromatic hydroxyl groups is 2. The fourth-order valence-electron chi connectivity index (χ4n) is 9.28. The summed E-state index contributed by atoms with van der Waals surface area (Å²) < 4.78 is 39.3. The van der Waals surface area contributed by atoms with Gasteiger partial charge in [-0.1, -0.05) is 6.07 Å². The number of phenolic OH excluding ortho intramolecular Hbond substituents is 2. The van der Waals surface area contributed by atoms with Crippen molar-refractivity contribution in [2.24, 2.45) is 4.99 Å². The van der Waals surface area contributed by atoms with E-state index in [1.54, 1.807) is 6.92 Å². The highest BCUT2D eigenvalue weighted by molar-refractivity contribution is 6.53. The molecule has 2 saturated heterocycles. The maximum atomic E-state index is 15.2. The van der Waals surface area contributed by atoms with Crippen molar-refractivity contribution in [3.05, 3.63) is 56.6 Å². The van der Waals surface area contributed by atoms with Crippen molar-refractivity contribution >= 4 is 34.8 Å². The lowest BCUT2D eigenvalue weighted by Crippen LogP contribution is -2.73. The van der Waals surface area contributed by atoms with Crippen LogP contribution in [0.25, 0.3) is 0 Å². The van der Waals surface area contributed by atoms with Crippen molar-refractivity contribution in [3.8, 4) is 11.5 Å². The van der Waals surface area contributed by atoms with E-state index < -0.39 is 117 Å². The maximum Gasteiger partial charge on any atom is 0.342 e. The number of aryl methyl sites for hydroxylation is 1. The van der Waals surface area contributed by atoms with E-state index in [1.165, 1.54) is 27.2 Å². The average molecular weight is 811 g/mol. The number of benzene rings is 2. The molecule has 312 valence electrons. The van der Waals surface area contributed by atoms with Gasteiger partial charge in [0, 0.05) is 71.2 Å². The standard InChI is InChI=1S/C40H46N2O16/c1-17-13-19-14-24(44)39(54-5)36(50)27-21(35(49)40(39,55-6)28(19)31(47)25(17)38(51)57-12-9-42-7-10-56-11-8-42)15-20-26(30(27)46)23(43)16-22(29(20)45)41-37-34(53-4)32(48)33(52-3)18(2)58-37/h13,15,18,24,32-34,37,44,46-48H,7-12,14,16H2,1-6H3. The molecule has 2 aliphatic heterocycles. The zero-order chi connectivity index (χ0) is 42.0. The van der Waals surface area contributed by atoms with E-state index in [1.807, 2.05) is 4.90 Å². The Morgan fingerprint density at radius 3 is 2.26 bits per heavy atom. The first kappa shape index (κ1) is 41.7. The number of carbonyl (C=O) groups is 5. The molecule has 3 aliphatic carbocycles. The summed E-state index contributed by atoms with van der Waals surface area (Å²) in [7, 11) is 4.76. The van der Waals surface area contributed by atoms with Gasteiger partial charge in [0.05, 0.1) is 48.7 Å². The van der Waals surface area contributed by atoms with Gasteiger partial charge in [-0.25, -0.2) is 4.79 Å². The number of aliphatic hydroxyl groups excluding tert-OH is 2. The molecule has 0 bridgehead atoms. The van der Waals surface area contributed by atoms with Gasteiger partial charge in [0.2, 0.25) is 17.3 Å². The minimum absolute atomic E-state index is 0.0373. The molecule has 2 heterocycles. The molecular formula is C40H46N2O16. The number of hydrogen-bond acceptors (Lipinski definition) is 18. The summed E-state index contributed by atoms with van der Waals surface area (Å²) in [6.07, 6.45) is -7.98. The van der Waals surface area contributed by atoms with Crippen molar-refractivity contribution in [1.29, 1.82) is 0 Å². The van der Waals surface area contributed by atoms with Gasteiger partial charge in [-0.3, -0.25) is 29.1 Å². The summed E-state index contributed by atoms with van der Waals surface area (Å²) >= 11 is 0. The number of ether oxygens (including phenoxy) is 7. The highest BCUT2D eigenvalue weighted by Crippen LogP contribution is 2.58. The van der Waals surface area contributed by atoms with E-state index in [-0.39, 0.29) is 41.0 Å². The lowest BCUT2D eigenvalue weighted by atomic mass is 9.56. The van der Waals surface area contributed by atoms with Gasteiger partial charge in [0.1, 0.15) is 42.0 Å². The van der Waals surface area contributed by atoms with Crippen molar-refractivity contribution in [3.63, 3.8) is 0 Å².